The number of benzene rings is 2. The molecule has 0 unspecified atom stereocenters. The molecular weight excluding hydrogens is 478 g/mol. The number of hydrogen-bond donors (Lipinski definition) is 1. The highest BCUT2D eigenvalue weighted by Crippen LogP contribution is 2.38. The number of pyridine rings is 1. The maximum Gasteiger partial charge on any atom is 0.410 e. The molecule has 5 rings (SSSR count). The van der Waals surface area contributed by atoms with Gasteiger partial charge in [0.15, 0.2) is 9.84 Å². The molecule has 1 fully saturated rings. The van der Waals surface area contributed by atoms with E-state index in [1.54, 1.807) is 26.0 Å². The molecule has 0 saturated carbocycles. The van der Waals surface area contributed by atoms with Crippen molar-refractivity contribution in [1.82, 2.24) is 9.88 Å². The number of fused-ring (bicyclic) bond motifs is 2. The maximum absolute atomic E-state index is 12.9. The average molecular weight is 508 g/mol. The quantitative estimate of drug-likeness (QED) is 0.558. The summed E-state index contributed by atoms with van der Waals surface area (Å²) < 4.78 is 31.6. The third kappa shape index (κ3) is 4.12. The fourth-order valence-electron chi connectivity index (χ4n) is 5.11. The van der Waals surface area contributed by atoms with E-state index in [4.69, 9.17) is 9.72 Å². The van der Waals surface area contributed by atoms with Gasteiger partial charge < -0.3 is 14.7 Å². The van der Waals surface area contributed by atoms with Crippen LogP contribution >= 0.6 is 0 Å². The molecule has 1 amide bonds. The Hall–Kier alpha value is -3.43. The molecule has 0 aliphatic carbocycles. The molecule has 8 nitrogen and oxygen atoms in total. The molecule has 0 spiro atoms. The minimum Gasteiger partial charge on any atom is -0.465 e. The lowest BCUT2D eigenvalue weighted by atomic mass is 9.95. The number of rotatable bonds is 3. The Morgan fingerprint density at radius 3 is 2.69 bits per heavy atom. The Labute approximate surface area is 210 Å². The van der Waals surface area contributed by atoms with Crippen molar-refractivity contribution in [2.24, 2.45) is 0 Å². The SMILES string of the molecule is C=C(c1cc(N2CCS(=O)(=O)c3ccccc3C2)nc2ccc(C)cc12)[C@@H]1COC(C)(C)N1C(=O)O. The number of anilines is 1. The van der Waals surface area contributed by atoms with Crippen LogP contribution in [-0.4, -0.2) is 60.2 Å². The second-order valence-electron chi connectivity index (χ2n) is 9.85. The highest BCUT2D eigenvalue weighted by molar-refractivity contribution is 7.91. The van der Waals surface area contributed by atoms with E-state index in [-0.39, 0.29) is 18.9 Å². The molecule has 36 heavy (non-hydrogen) atoms. The van der Waals surface area contributed by atoms with E-state index in [9.17, 15) is 18.3 Å². The van der Waals surface area contributed by atoms with E-state index >= 15 is 0 Å². The number of aromatic nitrogens is 1. The molecule has 1 atom stereocenters. The molecule has 0 radical (unpaired) electrons. The molecule has 188 valence electrons. The zero-order chi connectivity index (χ0) is 25.8. The molecule has 1 aromatic heterocycles. The Bertz CT molecular complexity index is 1500. The van der Waals surface area contributed by atoms with Gasteiger partial charge in [-0.25, -0.2) is 18.2 Å². The number of carboxylic acid groups (broad SMARTS) is 1. The van der Waals surface area contributed by atoms with Crippen LogP contribution in [0.25, 0.3) is 16.5 Å². The van der Waals surface area contributed by atoms with Gasteiger partial charge in [-0.3, -0.25) is 4.90 Å². The maximum atomic E-state index is 12.9. The fourth-order valence-corrected chi connectivity index (χ4v) is 6.61. The summed E-state index contributed by atoms with van der Waals surface area (Å²) in [6.45, 7) is 10.6. The third-order valence-corrected chi connectivity index (χ3v) is 8.80. The first-order valence-corrected chi connectivity index (χ1v) is 13.5. The summed E-state index contributed by atoms with van der Waals surface area (Å²) in [5, 5.41) is 10.8. The number of hydrogen-bond acceptors (Lipinski definition) is 6. The first-order chi connectivity index (χ1) is 17.0. The van der Waals surface area contributed by atoms with E-state index in [0.717, 1.165) is 27.6 Å². The van der Waals surface area contributed by atoms with Crippen molar-refractivity contribution >= 4 is 38.2 Å². The van der Waals surface area contributed by atoms with Crippen LogP contribution < -0.4 is 4.90 Å². The highest BCUT2D eigenvalue weighted by Gasteiger charge is 2.45. The molecule has 2 aromatic carbocycles. The lowest BCUT2D eigenvalue weighted by molar-refractivity contribution is -0.0407. The zero-order valence-electron chi connectivity index (χ0n) is 20.6. The van der Waals surface area contributed by atoms with Gasteiger partial charge in [0.1, 0.15) is 11.5 Å². The first kappa shape index (κ1) is 24.3. The van der Waals surface area contributed by atoms with Gasteiger partial charge in [-0.05, 0) is 61.7 Å². The molecule has 1 saturated heterocycles. The van der Waals surface area contributed by atoms with E-state index in [2.05, 4.69) is 6.58 Å². The van der Waals surface area contributed by atoms with Gasteiger partial charge in [-0.2, -0.15) is 0 Å². The van der Waals surface area contributed by atoms with Crippen LogP contribution in [0.4, 0.5) is 10.6 Å². The molecule has 3 aromatic rings. The predicted octanol–water partition coefficient (Wildman–Crippen LogP) is 4.47. The van der Waals surface area contributed by atoms with Crippen molar-refractivity contribution in [3.05, 3.63) is 71.8 Å². The number of amides is 1. The first-order valence-electron chi connectivity index (χ1n) is 11.8. The summed E-state index contributed by atoms with van der Waals surface area (Å²) in [4.78, 5) is 20.6. The van der Waals surface area contributed by atoms with Crippen LogP contribution in [-0.2, 0) is 21.1 Å². The summed E-state index contributed by atoms with van der Waals surface area (Å²) in [6, 6.07) is 14.3. The topological polar surface area (TPSA) is 100 Å². The summed E-state index contributed by atoms with van der Waals surface area (Å²) in [5.41, 5.74) is 2.91. The largest absolute Gasteiger partial charge is 0.465 e. The fraction of sp³-hybridized carbons (Fsp3) is 0.333. The number of ether oxygens (including phenoxy) is 1. The van der Waals surface area contributed by atoms with Gasteiger partial charge >= 0.3 is 6.09 Å². The van der Waals surface area contributed by atoms with Gasteiger partial charge in [0.25, 0.3) is 0 Å². The second-order valence-corrected chi connectivity index (χ2v) is 11.9. The number of carbonyl (C=O) groups is 1. The lowest BCUT2D eigenvalue weighted by Gasteiger charge is -2.32. The van der Waals surface area contributed by atoms with Crippen molar-refractivity contribution in [1.29, 1.82) is 0 Å². The Morgan fingerprint density at radius 2 is 1.94 bits per heavy atom. The second kappa shape index (κ2) is 8.60. The smallest absolute Gasteiger partial charge is 0.410 e. The van der Waals surface area contributed by atoms with Gasteiger partial charge in [-0.1, -0.05) is 36.4 Å². The van der Waals surface area contributed by atoms with Crippen molar-refractivity contribution in [2.75, 3.05) is 23.8 Å². The highest BCUT2D eigenvalue weighted by atomic mass is 32.2. The molecule has 2 aliphatic heterocycles. The van der Waals surface area contributed by atoms with Gasteiger partial charge in [0.2, 0.25) is 0 Å². The van der Waals surface area contributed by atoms with Crippen molar-refractivity contribution in [3.8, 4) is 0 Å². The standard InChI is InChI=1S/C27H29N3O5S/c1-17-9-10-22-21(13-17)20(18(2)23-16-35-27(3,4)30(23)26(31)32)14-25(28-22)29-11-12-36(33,34)24-8-6-5-7-19(24)15-29/h5-10,13-14,23H,2,11-12,15-16H2,1,3-4H3,(H,31,32)/t23-/m0/s1. The summed E-state index contributed by atoms with van der Waals surface area (Å²) >= 11 is 0. The van der Waals surface area contributed by atoms with E-state index < -0.39 is 27.7 Å². The van der Waals surface area contributed by atoms with Gasteiger partial charge in [0.05, 0.1) is 28.8 Å². The molecule has 2 aliphatic rings. The number of nitrogens with zero attached hydrogens (tertiary/aromatic N) is 3. The molecule has 1 N–H and O–H groups in total. The average Bonchev–Trinajstić information content (AvgIpc) is 3.08. The van der Waals surface area contributed by atoms with Crippen molar-refractivity contribution in [2.45, 2.75) is 44.0 Å². The van der Waals surface area contributed by atoms with E-state index in [0.29, 0.717) is 22.8 Å². The molecule has 9 heteroatoms. The van der Waals surface area contributed by atoms with Crippen molar-refractivity contribution < 1.29 is 23.1 Å². The minimum atomic E-state index is -3.41. The van der Waals surface area contributed by atoms with Gasteiger partial charge in [-0.15, -0.1) is 0 Å². The van der Waals surface area contributed by atoms with Crippen LogP contribution in [0.2, 0.25) is 0 Å². The molecular formula is C27H29N3O5S. The van der Waals surface area contributed by atoms with Crippen LogP contribution in [0.15, 0.2) is 60.0 Å². The van der Waals surface area contributed by atoms with Crippen molar-refractivity contribution in [3.63, 3.8) is 0 Å². The van der Waals surface area contributed by atoms with Crippen LogP contribution in [0.5, 0.6) is 0 Å². The van der Waals surface area contributed by atoms with Crippen LogP contribution in [0.3, 0.4) is 0 Å². The zero-order valence-corrected chi connectivity index (χ0v) is 21.4. The van der Waals surface area contributed by atoms with Crippen LogP contribution in [0.1, 0.15) is 30.5 Å². The Balaban J connectivity index is 1.62. The Kier molecular flexibility index (Phi) is 5.80. The van der Waals surface area contributed by atoms with E-state index in [1.165, 1.54) is 4.90 Å². The summed E-state index contributed by atoms with van der Waals surface area (Å²) in [6.07, 6.45) is -1.08. The number of aryl methyl sites for hydroxylation is 1. The predicted molar refractivity (Wildman–Crippen MR) is 139 cm³/mol. The monoisotopic (exact) mass is 507 g/mol. The normalized spacial score (nSPS) is 20.7. The van der Waals surface area contributed by atoms with E-state index in [1.807, 2.05) is 48.2 Å². The molecule has 0 bridgehead atoms. The molecule has 3 heterocycles. The van der Waals surface area contributed by atoms with Gasteiger partial charge in [0, 0.05) is 18.5 Å². The Morgan fingerprint density at radius 1 is 1.19 bits per heavy atom. The lowest BCUT2D eigenvalue weighted by Crippen LogP contribution is -2.47. The third-order valence-electron chi connectivity index (χ3n) is 7.01. The summed E-state index contributed by atoms with van der Waals surface area (Å²) in [5.74, 6) is 0.597. The summed E-state index contributed by atoms with van der Waals surface area (Å²) in [7, 11) is -3.41. The minimum absolute atomic E-state index is 0.0225. The van der Waals surface area contributed by atoms with Crippen LogP contribution in [0, 0.1) is 6.92 Å². The number of sulfone groups is 1.